The summed E-state index contributed by atoms with van der Waals surface area (Å²) in [7, 11) is -3.42. The number of nitrogens with zero attached hydrogens (tertiary/aromatic N) is 3. The molecule has 4 rings (SSSR count). The number of nitrogens with one attached hydrogen (secondary N) is 2. The van der Waals surface area contributed by atoms with Crippen molar-refractivity contribution in [1.82, 2.24) is 15.3 Å². The maximum Gasteiger partial charge on any atom is 0.319 e. The first kappa shape index (κ1) is 27.3. The molecule has 1 aromatic carbocycles. The van der Waals surface area contributed by atoms with Crippen LogP contribution in [-0.2, 0) is 19.3 Å². The van der Waals surface area contributed by atoms with Gasteiger partial charge in [0.15, 0.2) is 15.7 Å². The first-order valence-corrected chi connectivity index (χ1v) is 14.6. The molecule has 202 valence electrons. The van der Waals surface area contributed by atoms with E-state index in [0.717, 1.165) is 12.8 Å². The molecule has 1 aliphatic carbocycles. The van der Waals surface area contributed by atoms with Gasteiger partial charge in [-0.3, -0.25) is 0 Å². The third-order valence-electron chi connectivity index (χ3n) is 7.21. The Morgan fingerprint density at radius 1 is 1.22 bits per heavy atom. The molecule has 2 amide bonds. The van der Waals surface area contributed by atoms with E-state index in [1.165, 1.54) is 6.26 Å². The number of morpholine rings is 1. The molecule has 37 heavy (non-hydrogen) atoms. The Kier molecular flexibility index (Phi) is 7.77. The van der Waals surface area contributed by atoms with Gasteiger partial charge in [-0.2, -0.15) is 0 Å². The second kappa shape index (κ2) is 10.5. The normalized spacial score (nSPS) is 20.0. The summed E-state index contributed by atoms with van der Waals surface area (Å²) in [5.41, 5.74) is 1.07. The van der Waals surface area contributed by atoms with Crippen LogP contribution in [0.3, 0.4) is 0 Å². The highest BCUT2D eigenvalue weighted by molar-refractivity contribution is 7.91. The fourth-order valence-corrected chi connectivity index (χ4v) is 6.50. The van der Waals surface area contributed by atoms with Gasteiger partial charge in [0.1, 0.15) is 10.6 Å². The summed E-state index contributed by atoms with van der Waals surface area (Å²) in [5, 5.41) is 14.8. The Labute approximate surface area is 218 Å². The lowest BCUT2D eigenvalue weighted by Crippen LogP contribution is -2.48. The summed E-state index contributed by atoms with van der Waals surface area (Å²) < 4.78 is 30.7. The van der Waals surface area contributed by atoms with E-state index in [0.29, 0.717) is 61.2 Å². The molecular formula is C26H37N5O5S. The van der Waals surface area contributed by atoms with E-state index in [1.54, 1.807) is 38.1 Å². The number of hydrogen-bond acceptors (Lipinski definition) is 8. The lowest BCUT2D eigenvalue weighted by Gasteiger charge is -2.35. The zero-order valence-electron chi connectivity index (χ0n) is 22.0. The van der Waals surface area contributed by atoms with Gasteiger partial charge in [-0.05, 0) is 57.9 Å². The van der Waals surface area contributed by atoms with Gasteiger partial charge in [-0.25, -0.2) is 23.2 Å². The number of benzene rings is 1. The zero-order valence-corrected chi connectivity index (χ0v) is 22.8. The summed E-state index contributed by atoms with van der Waals surface area (Å²) >= 11 is 0. The van der Waals surface area contributed by atoms with Gasteiger partial charge >= 0.3 is 6.03 Å². The van der Waals surface area contributed by atoms with Gasteiger partial charge in [-0.15, -0.1) is 0 Å². The predicted molar refractivity (Wildman–Crippen MR) is 143 cm³/mol. The van der Waals surface area contributed by atoms with Crippen LogP contribution in [-0.4, -0.2) is 73.7 Å². The van der Waals surface area contributed by atoms with Crippen LogP contribution in [0.2, 0.25) is 0 Å². The van der Waals surface area contributed by atoms with Gasteiger partial charge in [0.05, 0.1) is 37.1 Å². The highest BCUT2D eigenvalue weighted by Crippen LogP contribution is 2.45. The largest absolute Gasteiger partial charge is 0.394 e. The molecule has 1 atom stereocenters. The fourth-order valence-electron chi connectivity index (χ4n) is 4.99. The van der Waals surface area contributed by atoms with Crippen molar-refractivity contribution < 1.29 is 23.1 Å². The van der Waals surface area contributed by atoms with Crippen molar-refractivity contribution in [3.05, 3.63) is 36.0 Å². The summed E-state index contributed by atoms with van der Waals surface area (Å²) in [6.45, 7) is 7.12. The number of ether oxygens (including phenoxy) is 1. The smallest absolute Gasteiger partial charge is 0.319 e. The Bertz CT molecular complexity index is 1230. The molecule has 1 saturated heterocycles. The average molecular weight is 532 g/mol. The third-order valence-corrected chi connectivity index (χ3v) is 9.25. The first-order chi connectivity index (χ1) is 17.4. The number of sulfone groups is 1. The third kappa shape index (κ3) is 5.89. The van der Waals surface area contributed by atoms with Crippen LogP contribution in [0.15, 0.2) is 30.3 Å². The molecule has 2 aromatic rings. The Balaban J connectivity index is 1.70. The molecule has 2 aliphatic rings. The second-order valence-corrected chi connectivity index (χ2v) is 13.1. The minimum absolute atomic E-state index is 0.0929. The summed E-state index contributed by atoms with van der Waals surface area (Å²) in [6.07, 6.45) is 4.07. The van der Waals surface area contributed by atoms with Crippen molar-refractivity contribution in [3.8, 4) is 11.4 Å². The molecule has 1 aliphatic heterocycles. The van der Waals surface area contributed by atoms with Gasteiger partial charge in [0, 0.05) is 30.1 Å². The number of aliphatic hydroxyl groups is 1. The number of carbonyl (C=O) groups excluding carboxylic acids is 1. The minimum atomic E-state index is -3.42. The number of carbonyl (C=O) groups is 1. The van der Waals surface area contributed by atoms with E-state index in [-0.39, 0.29) is 12.6 Å². The molecular weight excluding hydrogens is 494 g/mol. The zero-order chi connectivity index (χ0) is 26.8. The van der Waals surface area contributed by atoms with E-state index in [4.69, 9.17) is 14.7 Å². The van der Waals surface area contributed by atoms with Crippen LogP contribution in [0.5, 0.6) is 0 Å². The van der Waals surface area contributed by atoms with Crippen molar-refractivity contribution in [2.45, 2.75) is 62.8 Å². The Morgan fingerprint density at radius 3 is 2.49 bits per heavy atom. The van der Waals surface area contributed by atoms with Crippen LogP contribution < -0.4 is 15.5 Å². The molecule has 2 fully saturated rings. The quantitative estimate of drug-likeness (QED) is 0.496. The standard InChI is InChI=1S/C26H37N5O5S/c1-18-16-36-14-13-31(18)22-15-21(26(37(4,34)35)11-5-6-12-26)28-23(29-22)19-7-9-20(10-8-19)27-24(33)30-25(2,3)17-32/h7-10,15,18,32H,5-6,11-14,16-17H2,1-4H3,(H2,27,30,33)/t18-/m0/s1. The number of aromatic nitrogens is 2. The molecule has 10 nitrogen and oxygen atoms in total. The second-order valence-electron chi connectivity index (χ2n) is 10.7. The lowest BCUT2D eigenvalue weighted by atomic mass is 10.0. The number of rotatable bonds is 7. The number of anilines is 2. The maximum atomic E-state index is 13.1. The maximum absolute atomic E-state index is 13.1. The highest BCUT2D eigenvalue weighted by atomic mass is 32.2. The minimum Gasteiger partial charge on any atom is -0.394 e. The Hall–Kier alpha value is -2.76. The van der Waals surface area contributed by atoms with Gasteiger partial charge in [0.25, 0.3) is 0 Å². The van der Waals surface area contributed by atoms with Crippen LogP contribution >= 0.6 is 0 Å². The van der Waals surface area contributed by atoms with Crippen molar-refractivity contribution >= 4 is 27.4 Å². The molecule has 3 N–H and O–H groups in total. The number of amides is 2. The van der Waals surface area contributed by atoms with E-state index >= 15 is 0 Å². The SMILES string of the molecule is C[C@H]1COCCN1c1cc(C2(S(C)(=O)=O)CCCC2)nc(-c2ccc(NC(=O)NC(C)(C)CO)cc2)n1. The molecule has 1 saturated carbocycles. The van der Waals surface area contributed by atoms with E-state index in [2.05, 4.69) is 22.5 Å². The van der Waals surface area contributed by atoms with E-state index in [1.807, 2.05) is 6.07 Å². The Morgan fingerprint density at radius 2 is 1.89 bits per heavy atom. The van der Waals surface area contributed by atoms with E-state index < -0.39 is 26.2 Å². The van der Waals surface area contributed by atoms with Crippen molar-refractivity contribution in [1.29, 1.82) is 0 Å². The number of aliphatic hydroxyl groups excluding tert-OH is 1. The fraction of sp³-hybridized carbons (Fsp3) is 0.577. The van der Waals surface area contributed by atoms with Crippen molar-refractivity contribution in [2.24, 2.45) is 0 Å². The molecule has 0 radical (unpaired) electrons. The molecule has 0 spiro atoms. The van der Waals surface area contributed by atoms with Gasteiger partial charge in [-0.1, -0.05) is 12.8 Å². The molecule has 2 heterocycles. The molecule has 1 aromatic heterocycles. The van der Waals surface area contributed by atoms with Crippen molar-refractivity contribution in [2.75, 3.05) is 42.8 Å². The molecule has 0 unspecified atom stereocenters. The summed E-state index contributed by atoms with van der Waals surface area (Å²) in [5.74, 6) is 1.14. The van der Waals surface area contributed by atoms with Crippen molar-refractivity contribution in [3.63, 3.8) is 0 Å². The summed E-state index contributed by atoms with van der Waals surface area (Å²) in [4.78, 5) is 24.1. The van der Waals surface area contributed by atoms with Crippen LogP contribution in [0.25, 0.3) is 11.4 Å². The van der Waals surface area contributed by atoms with Gasteiger partial charge in [0.2, 0.25) is 0 Å². The predicted octanol–water partition coefficient (Wildman–Crippen LogP) is 3.08. The first-order valence-electron chi connectivity index (χ1n) is 12.7. The molecule has 11 heteroatoms. The lowest BCUT2D eigenvalue weighted by molar-refractivity contribution is 0.0985. The van der Waals surface area contributed by atoms with Crippen LogP contribution in [0, 0.1) is 0 Å². The van der Waals surface area contributed by atoms with Crippen LogP contribution in [0.1, 0.15) is 52.1 Å². The topological polar surface area (TPSA) is 134 Å². The van der Waals surface area contributed by atoms with E-state index in [9.17, 15) is 18.3 Å². The summed E-state index contributed by atoms with van der Waals surface area (Å²) in [6, 6.07) is 8.62. The molecule has 0 bridgehead atoms. The van der Waals surface area contributed by atoms with Crippen LogP contribution in [0.4, 0.5) is 16.3 Å². The highest BCUT2D eigenvalue weighted by Gasteiger charge is 2.47. The average Bonchev–Trinajstić information content (AvgIpc) is 3.36. The number of hydrogen-bond donors (Lipinski definition) is 3. The number of urea groups is 1. The monoisotopic (exact) mass is 531 g/mol. The van der Waals surface area contributed by atoms with Gasteiger partial charge < -0.3 is 25.4 Å².